The number of halogens is 1. The molecule has 2 heterocycles. The molecule has 2 aromatic heterocycles. The van der Waals surface area contributed by atoms with Crippen molar-refractivity contribution < 1.29 is 9.72 Å². The number of carbonyl (C=O) groups is 1. The van der Waals surface area contributed by atoms with Crippen molar-refractivity contribution in [2.24, 2.45) is 5.92 Å². The van der Waals surface area contributed by atoms with E-state index in [9.17, 15) is 14.9 Å². The number of aromatic nitrogens is 4. The van der Waals surface area contributed by atoms with Crippen LogP contribution in [0, 0.1) is 23.0 Å². The topological polar surface area (TPSA) is 108 Å². The highest BCUT2D eigenvalue weighted by molar-refractivity contribution is 6.31. The van der Waals surface area contributed by atoms with Gasteiger partial charge in [-0.15, -0.1) is 0 Å². The zero-order valence-electron chi connectivity index (χ0n) is 13.7. The SMILES string of the molecule is CCn1ncc(Cl)c1CNC(=O)C(C)Cn1nc([N+](=O)[O-])cc1C. The summed E-state index contributed by atoms with van der Waals surface area (Å²) in [5, 5.41) is 22.1. The van der Waals surface area contributed by atoms with E-state index in [0.717, 1.165) is 5.69 Å². The molecule has 0 spiro atoms. The number of hydrogen-bond donors (Lipinski definition) is 1. The van der Waals surface area contributed by atoms with E-state index in [2.05, 4.69) is 15.5 Å². The summed E-state index contributed by atoms with van der Waals surface area (Å²) in [4.78, 5) is 22.4. The maximum absolute atomic E-state index is 12.2. The number of aryl methyl sites for hydroxylation is 2. The maximum atomic E-state index is 12.2. The van der Waals surface area contributed by atoms with Gasteiger partial charge in [0.15, 0.2) is 0 Å². The van der Waals surface area contributed by atoms with E-state index in [1.807, 2.05) is 6.92 Å². The Balaban J connectivity index is 1.97. The number of hydrogen-bond acceptors (Lipinski definition) is 5. The van der Waals surface area contributed by atoms with Gasteiger partial charge in [-0.2, -0.15) is 9.78 Å². The molecule has 9 nitrogen and oxygen atoms in total. The molecule has 0 aromatic carbocycles. The second kappa shape index (κ2) is 7.43. The molecule has 10 heteroatoms. The van der Waals surface area contributed by atoms with Crippen molar-refractivity contribution >= 4 is 23.3 Å². The van der Waals surface area contributed by atoms with Crippen LogP contribution in [-0.2, 0) is 24.4 Å². The van der Waals surface area contributed by atoms with E-state index in [1.54, 1.807) is 24.7 Å². The fourth-order valence-electron chi connectivity index (χ4n) is 2.29. The fraction of sp³-hybridized carbons (Fsp3) is 0.500. The van der Waals surface area contributed by atoms with Crippen molar-refractivity contribution in [1.82, 2.24) is 24.9 Å². The summed E-state index contributed by atoms with van der Waals surface area (Å²) in [5.41, 5.74) is 1.37. The average molecular weight is 355 g/mol. The van der Waals surface area contributed by atoms with Gasteiger partial charge >= 0.3 is 5.82 Å². The molecule has 0 saturated carbocycles. The third kappa shape index (κ3) is 3.91. The first-order valence-corrected chi connectivity index (χ1v) is 7.88. The first-order valence-electron chi connectivity index (χ1n) is 7.50. The summed E-state index contributed by atoms with van der Waals surface area (Å²) in [5.74, 6) is -0.814. The van der Waals surface area contributed by atoms with Crippen LogP contribution in [0.4, 0.5) is 5.82 Å². The fourth-order valence-corrected chi connectivity index (χ4v) is 2.50. The zero-order valence-corrected chi connectivity index (χ0v) is 14.4. The Morgan fingerprint density at radius 1 is 1.50 bits per heavy atom. The average Bonchev–Trinajstić information content (AvgIpc) is 3.08. The lowest BCUT2D eigenvalue weighted by molar-refractivity contribution is -0.389. The molecule has 130 valence electrons. The van der Waals surface area contributed by atoms with Crippen LogP contribution in [0.2, 0.25) is 5.02 Å². The smallest absolute Gasteiger partial charge is 0.358 e. The summed E-state index contributed by atoms with van der Waals surface area (Å²) < 4.78 is 3.18. The lowest BCUT2D eigenvalue weighted by Crippen LogP contribution is -2.32. The standard InChI is InChI=1S/C14H19ClN6O3/c1-4-19-12(11(15)6-17-19)7-16-14(22)9(2)8-20-10(3)5-13(18-20)21(23)24/h5-6,9H,4,7-8H2,1-3H3,(H,16,22). The van der Waals surface area contributed by atoms with Crippen LogP contribution in [0.3, 0.4) is 0 Å². The van der Waals surface area contributed by atoms with Gasteiger partial charge < -0.3 is 15.4 Å². The Morgan fingerprint density at radius 3 is 2.79 bits per heavy atom. The molecule has 1 atom stereocenters. The Hall–Kier alpha value is -2.42. The highest BCUT2D eigenvalue weighted by Gasteiger charge is 2.21. The summed E-state index contributed by atoms with van der Waals surface area (Å²) in [6.45, 7) is 6.57. The molecule has 0 radical (unpaired) electrons. The number of nitro groups is 1. The molecular weight excluding hydrogens is 336 g/mol. The zero-order chi connectivity index (χ0) is 17.9. The molecule has 1 unspecified atom stereocenters. The predicted molar refractivity (Wildman–Crippen MR) is 87.5 cm³/mol. The van der Waals surface area contributed by atoms with Crippen LogP contribution in [0.5, 0.6) is 0 Å². The van der Waals surface area contributed by atoms with Crippen LogP contribution < -0.4 is 5.32 Å². The third-order valence-electron chi connectivity index (χ3n) is 3.68. The molecule has 24 heavy (non-hydrogen) atoms. The normalized spacial score (nSPS) is 12.2. The van der Waals surface area contributed by atoms with Crippen molar-refractivity contribution in [3.63, 3.8) is 0 Å². The third-order valence-corrected chi connectivity index (χ3v) is 3.99. The first-order chi connectivity index (χ1) is 11.3. The first kappa shape index (κ1) is 17.9. The molecule has 0 aliphatic rings. The van der Waals surface area contributed by atoms with Crippen molar-refractivity contribution in [2.75, 3.05) is 0 Å². The van der Waals surface area contributed by atoms with Gasteiger partial charge in [0, 0.05) is 6.54 Å². The van der Waals surface area contributed by atoms with Crippen LogP contribution in [0.25, 0.3) is 0 Å². The Morgan fingerprint density at radius 2 is 2.21 bits per heavy atom. The summed E-state index contributed by atoms with van der Waals surface area (Å²) in [6.07, 6.45) is 1.54. The maximum Gasteiger partial charge on any atom is 0.390 e. The van der Waals surface area contributed by atoms with Gasteiger partial charge in [0.2, 0.25) is 5.91 Å². The van der Waals surface area contributed by atoms with Gasteiger partial charge in [-0.05, 0) is 18.8 Å². The quantitative estimate of drug-likeness (QED) is 0.603. The van der Waals surface area contributed by atoms with Crippen molar-refractivity contribution in [2.45, 2.75) is 40.4 Å². The summed E-state index contributed by atoms with van der Waals surface area (Å²) in [6, 6.07) is 1.38. The van der Waals surface area contributed by atoms with Crippen molar-refractivity contribution in [1.29, 1.82) is 0 Å². The molecule has 1 amide bonds. The second-order valence-electron chi connectivity index (χ2n) is 5.46. The van der Waals surface area contributed by atoms with E-state index in [1.165, 1.54) is 10.7 Å². The minimum atomic E-state index is -0.553. The van der Waals surface area contributed by atoms with Gasteiger partial charge in [-0.1, -0.05) is 18.5 Å². The van der Waals surface area contributed by atoms with Gasteiger partial charge in [-0.25, -0.2) is 0 Å². The van der Waals surface area contributed by atoms with E-state index in [4.69, 9.17) is 11.6 Å². The predicted octanol–water partition coefficient (Wildman–Crippen LogP) is 1.92. The van der Waals surface area contributed by atoms with Crippen LogP contribution in [0.1, 0.15) is 25.2 Å². The highest BCUT2D eigenvalue weighted by Crippen LogP contribution is 2.16. The minimum absolute atomic E-state index is 0.188. The Labute approximate surface area is 143 Å². The minimum Gasteiger partial charge on any atom is -0.358 e. The Kier molecular flexibility index (Phi) is 5.55. The second-order valence-corrected chi connectivity index (χ2v) is 5.86. The van der Waals surface area contributed by atoms with E-state index >= 15 is 0 Å². The molecule has 2 rings (SSSR count). The van der Waals surface area contributed by atoms with Gasteiger partial charge in [0.05, 0.1) is 52.8 Å². The number of rotatable bonds is 7. The van der Waals surface area contributed by atoms with Crippen molar-refractivity contribution in [3.8, 4) is 0 Å². The van der Waals surface area contributed by atoms with E-state index < -0.39 is 10.8 Å². The monoisotopic (exact) mass is 354 g/mol. The Bertz CT molecular complexity index is 754. The molecule has 1 N–H and O–H groups in total. The van der Waals surface area contributed by atoms with Gasteiger partial charge in [0.1, 0.15) is 0 Å². The van der Waals surface area contributed by atoms with E-state index in [0.29, 0.717) is 17.3 Å². The lowest BCUT2D eigenvalue weighted by atomic mass is 10.1. The van der Waals surface area contributed by atoms with Crippen LogP contribution in [-0.4, -0.2) is 30.4 Å². The molecule has 0 aliphatic carbocycles. The number of nitrogens with one attached hydrogen (secondary N) is 1. The summed E-state index contributed by atoms with van der Waals surface area (Å²) in [7, 11) is 0. The molecule has 0 bridgehead atoms. The molecule has 0 fully saturated rings. The molecule has 0 aliphatic heterocycles. The number of amides is 1. The van der Waals surface area contributed by atoms with E-state index in [-0.39, 0.29) is 24.8 Å². The molecule has 0 saturated heterocycles. The summed E-state index contributed by atoms with van der Waals surface area (Å²) >= 11 is 6.06. The van der Waals surface area contributed by atoms with Gasteiger partial charge in [0.25, 0.3) is 0 Å². The number of carbonyl (C=O) groups excluding carboxylic acids is 1. The highest BCUT2D eigenvalue weighted by atomic mass is 35.5. The molecule has 2 aromatic rings. The van der Waals surface area contributed by atoms with Gasteiger partial charge in [-0.3, -0.25) is 9.48 Å². The number of nitrogens with zero attached hydrogens (tertiary/aromatic N) is 5. The van der Waals surface area contributed by atoms with Crippen LogP contribution in [0.15, 0.2) is 12.3 Å². The lowest BCUT2D eigenvalue weighted by Gasteiger charge is -2.12. The largest absolute Gasteiger partial charge is 0.390 e. The van der Waals surface area contributed by atoms with Crippen molar-refractivity contribution in [3.05, 3.63) is 38.8 Å². The van der Waals surface area contributed by atoms with Crippen LogP contribution >= 0.6 is 11.6 Å². The molecular formula is C14H19ClN6O3.